The molecule has 0 bridgehead atoms. The van der Waals surface area contributed by atoms with Crippen molar-refractivity contribution < 1.29 is 28.6 Å². The zero-order valence-electron chi connectivity index (χ0n) is 17.5. The highest BCUT2D eigenvalue weighted by molar-refractivity contribution is 6.31. The molecular formula is C23H21ClN2O6. The van der Waals surface area contributed by atoms with Crippen LogP contribution in [0.2, 0.25) is 5.02 Å². The number of ether oxygens (including phenoxy) is 3. The standard InChI is InChI=1S/C23H21ClN2O6/c1-14(27)30-12-17(32-15(2)28)13-31-23(29)19-5-3-4-6-20(19)26-21-9-10-25-22-11-16(24)7-8-18(21)22/h3-11,17H,12-13H2,1-2H3,(H,25,26). The van der Waals surface area contributed by atoms with Gasteiger partial charge in [-0.2, -0.15) is 0 Å². The van der Waals surface area contributed by atoms with Crippen molar-refractivity contribution in [2.75, 3.05) is 18.5 Å². The van der Waals surface area contributed by atoms with Crippen LogP contribution >= 0.6 is 11.6 Å². The van der Waals surface area contributed by atoms with E-state index < -0.39 is 24.0 Å². The number of halogens is 1. The fourth-order valence-electron chi connectivity index (χ4n) is 2.95. The van der Waals surface area contributed by atoms with Gasteiger partial charge in [-0.25, -0.2) is 4.79 Å². The van der Waals surface area contributed by atoms with Crippen molar-refractivity contribution in [2.24, 2.45) is 0 Å². The van der Waals surface area contributed by atoms with Crippen LogP contribution in [0.3, 0.4) is 0 Å². The smallest absolute Gasteiger partial charge is 0.340 e. The minimum Gasteiger partial charge on any atom is -0.462 e. The Hall–Kier alpha value is -3.65. The molecule has 0 radical (unpaired) electrons. The number of carbonyl (C=O) groups is 3. The lowest BCUT2D eigenvalue weighted by Gasteiger charge is -2.18. The Balaban J connectivity index is 1.76. The first-order valence-corrected chi connectivity index (χ1v) is 10.1. The average Bonchev–Trinajstić information content (AvgIpc) is 2.75. The van der Waals surface area contributed by atoms with Gasteiger partial charge in [-0.15, -0.1) is 0 Å². The Labute approximate surface area is 189 Å². The van der Waals surface area contributed by atoms with E-state index in [0.717, 1.165) is 11.1 Å². The molecule has 0 aliphatic rings. The molecule has 0 aliphatic heterocycles. The molecule has 1 aromatic heterocycles. The molecule has 0 spiro atoms. The molecule has 1 N–H and O–H groups in total. The molecule has 32 heavy (non-hydrogen) atoms. The van der Waals surface area contributed by atoms with Crippen LogP contribution in [0, 0.1) is 0 Å². The van der Waals surface area contributed by atoms with E-state index in [4.69, 9.17) is 25.8 Å². The zero-order chi connectivity index (χ0) is 23.1. The van der Waals surface area contributed by atoms with Crippen LogP contribution in [0.5, 0.6) is 0 Å². The van der Waals surface area contributed by atoms with Gasteiger partial charge >= 0.3 is 17.9 Å². The molecule has 2 aromatic carbocycles. The van der Waals surface area contributed by atoms with E-state index in [1.165, 1.54) is 13.8 Å². The Morgan fingerprint density at radius 3 is 2.47 bits per heavy atom. The summed E-state index contributed by atoms with van der Waals surface area (Å²) in [7, 11) is 0. The molecule has 3 rings (SSSR count). The second kappa shape index (κ2) is 10.6. The van der Waals surface area contributed by atoms with E-state index in [-0.39, 0.29) is 18.8 Å². The zero-order valence-corrected chi connectivity index (χ0v) is 18.2. The topological polar surface area (TPSA) is 104 Å². The maximum atomic E-state index is 12.8. The number of fused-ring (bicyclic) bond motifs is 1. The predicted octanol–water partition coefficient (Wildman–Crippen LogP) is 4.28. The number of rotatable bonds is 8. The van der Waals surface area contributed by atoms with E-state index in [1.54, 1.807) is 48.7 Å². The number of pyridine rings is 1. The van der Waals surface area contributed by atoms with E-state index in [0.29, 0.717) is 16.2 Å². The van der Waals surface area contributed by atoms with Gasteiger partial charge in [0, 0.05) is 36.1 Å². The van der Waals surface area contributed by atoms with Crippen LogP contribution in [-0.4, -0.2) is 42.2 Å². The molecule has 0 aliphatic carbocycles. The van der Waals surface area contributed by atoms with Crippen molar-refractivity contribution in [2.45, 2.75) is 20.0 Å². The summed E-state index contributed by atoms with van der Waals surface area (Å²) in [5, 5.41) is 4.64. The van der Waals surface area contributed by atoms with E-state index in [2.05, 4.69) is 10.3 Å². The van der Waals surface area contributed by atoms with Crippen molar-refractivity contribution in [1.29, 1.82) is 0 Å². The minimum atomic E-state index is -0.908. The molecular weight excluding hydrogens is 436 g/mol. The fraction of sp³-hybridized carbons (Fsp3) is 0.217. The van der Waals surface area contributed by atoms with Crippen LogP contribution in [-0.2, 0) is 23.8 Å². The lowest BCUT2D eigenvalue weighted by Crippen LogP contribution is -2.29. The van der Waals surface area contributed by atoms with Gasteiger partial charge < -0.3 is 19.5 Å². The highest BCUT2D eigenvalue weighted by atomic mass is 35.5. The van der Waals surface area contributed by atoms with Gasteiger partial charge in [0.1, 0.15) is 13.2 Å². The molecule has 166 valence electrons. The molecule has 0 saturated heterocycles. The summed E-state index contributed by atoms with van der Waals surface area (Å²) in [5.41, 5.74) is 2.24. The van der Waals surface area contributed by atoms with Crippen molar-refractivity contribution >= 4 is 51.8 Å². The summed E-state index contributed by atoms with van der Waals surface area (Å²) < 4.78 is 15.2. The van der Waals surface area contributed by atoms with Crippen LogP contribution in [0.25, 0.3) is 10.9 Å². The Morgan fingerprint density at radius 2 is 1.72 bits per heavy atom. The van der Waals surface area contributed by atoms with Gasteiger partial charge in [-0.3, -0.25) is 14.6 Å². The molecule has 1 heterocycles. The van der Waals surface area contributed by atoms with Crippen LogP contribution < -0.4 is 5.32 Å². The molecule has 0 amide bonds. The second-order valence-corrected chi connectivity index (χ2v) is 7.26. The van der Waals surface area contributed by atoms with Gasteiger partial charge in [-0.05, 0) is 36.4 Å². The van der Waals surface area contributed by atoms with E-state index in [1.807, 2.05) is 6.07 Å². The van der Waals surface area contributed by atoms with Gasteiger partial charge in [0.15, 0.2) is 6.10 Å². The molecule has 9 heteroatoms. The summed E-state index contributed by atoms with van der Waals surface area (Å²) in [4.78, 5) is 39.4. The number of para-hydroxylation sites is 1. The molecule has 0 saturated carbocycles. The maximum absolute atomic E-state index is 12.8. The largest absolute Gasteiger partial charge is 0.462 e. The third kappa shape index (κ3) is 6.18. The summed E-state index contributed by atoms with van der Waals surface area (Å²) in [6.45, 7) is 1.97. The highest BCUT2D eigenvalue weighted by Gasteiger charge is 2.19. The number of hydrogen-bond donors (Lipinski definition) is 1. The summed E-state index contributed by atoms with van der Waals surface area (Å²) in [6.07, 6.45) is 0.732. The van der Waals surface area contributed by atoms with Crippen molar-refractivity contribution in [3.05, 3.63) is 65.3 Å². The Bertz CT molecular complexity index is 1150. The highest BCUT2D eigenvalue weighted by Crippen LogP contribution is 2.28. The van der Waals surface area contributed by atoms with Gasteiger partial charge in [-0.1, -0.05) is 23.7 Å². The second-order valence-electron chi connectivity index (χ2n) is 6.82. The number of hydrogen-bond acceptors (Lipinski definition) is 8. The first kappa shape index (κ1) is 23.0. The van der Waals surface area contributed by atoms with Crippen LogP contribution in [0.1, 0.15) is 24.2 Å². The van der Waals surface area contributed by atoms with Crippen molar-refractivity contribution in [3.8, 4) is 0 Å². The van der Waals surface area contributed by atoms with Crippen molar-refractivity contribution in [1.82, 2.24) is 4.98 Å². The monoisotopic (exact) mass is 456 g/mol. The lowest BCUT2D eigenvalue weighted by molar-refractivity contribution is -0.158. The number of nitrogens with one attached hydrogen (secondary N) is 1. The Kier molecular flexibility index (Phi) is 7.62. The third-order valence-electron chi connectivity index (χ3n) is 4.33. The maximum Gasteiger partial charge on any atom is 0.340 e. The van der Waals surface area contributed by atoms with Crippen LogP contribution in [0.15, 0.2) is 54.7 Å². The number of carbonyl (C=O) groups excluding carboxylic acids is 3. The first-order valence-electron chi connectivity index (χ1n) is 9.71. The van der Waals surface area contributed by atoms with Gasteiger partial charge in [0.05, 0.1) is 16.8 Å². The van der Waals surface area contributed by atoms with Gasteiger partial charge in [0.25, 0.3) is 0 Å². The van der Waals surface area contributed by atoms with Crippen LogP contribution in [0.4, 0.5) is 11.4 Å². The summed E-state index contributed by atoms with van der Waals surface area (Å²) >= 11 is 6.05. The normalized spacial score (nSPS) is 11.5. The first-order chi connectivity index (χ1) is 15.3. The molecule has 3 aromatic rings. The number of benzene rings is 2. The summed E-state index contributed by atoms with van der Waals surface area (Å²) in [6, 6.07) is 14.0. The van der Waals surface area contributed by atoms with Crippen molar-refractivity contribution in [3.63, 3.8) is 0 Å². The number of esters is 3. The molecule has 1 unspecified atom stereocenters. The summed E-state index contributed by atoms with van der Waals surface area (Å²) in [5.74, 6) is -1.74. The molecule has 1 atom stereocenters. The Morgan fingerprint density at radius 1 is 0.969 bits per heavy atom. The number of aromatic nitrogens is 1. The average molecular weight is 457 g/mol. The number of anilines is 2. The quantitative estimate of drug-likeness (QED) is 0.395. The minimum absolute atomic E-state index is 0.215. The molecule has 0 fully saturated rings. The lowest BCUT2D eigenvalue weighted by atomic mass is 10.1. The SMILES string of the molecule is CC(=O)OCC(COC(=O)c1ccccc1Nc1ccnc2cc(Cl)ccc12)OC(C)=O. The van der Waals surface area contributed by atoms with E-state index in [9.17, 15) is 14.4 Å². The fourth-order valence-corrected chi connectivity index (χ4v) is 3.12. The number of nitrogens with zero attached hydrogens (tertiary/aromatic N) is 1. The third-order valence-corrected chi connectivity index (χ3v) is 4.56. The van der Waals surface area contributed by atoms with E-state index >= 15 is 0 Å². The molecule has 8 nitrogen and oxygen atoms in total. The van der Waals surface area contributed by atoms with Gasteiger partial charge in [0.2, 0.25) is 0 Å². The predicted molar refractivity (Wildman–Crippen MR) is 119 cm³/mol.